The first kappa shape index (κ1) is 10.7. The molecule has 0 aliphatic carbocycles. The zero-order valence-electron chi connectivity index (χ0n) is 8.64. The summed E-state index contributed by atoms with van der Waals surface area (Å²) in [7, 11) is 1.29. The molecule has 0 bridgehead atoms. The van der Waals surface area contributed by atoms with Gasteiger partial charge in [0.15, 0.2) is 0 Å². The van der Waals surface area contributed by atoms with Gasteiger partial charge in [0.1, 0.15) is 11.3 Å². The average molecular weight is 234 g/mol. The Morgan fingerprint density at radius 1 is 1.38 bits per heavy atom. The molecule has 4 heteroatoms. The molecule has 0 aliphatic heterocycles. The number of hydrogen-bond donors (Lipinski definition) is 1. The van der Waals surface area contributed by atoms with E-state index < -0.39 is 5.97 Å². The van der Waals surface area contributed by atoms with E-state index in [2.05, 4.69) is 4.74 Å². The number of methoxy groups -OCH3 is 1. The second-order valence-corrected chi connectivity index (χ2v) is 4.15. The number of rotatable bonds is 2. The molecule has 1 aromatic heterocycles. The van der Waals surface area contributed by atoms with E-state index in [9.17, 15) is 9.90 Å². The number of esters is 1. The average Bonchev–Trinajstić information content (AvgIpc) is 2.81. The van der Waals surface area contributed by atoms with Gasteiger partial charge in [0, 0.05) is 4.88 Å². The van der Waals surface area contributed by atoms with Crippen molar-refractivity contribution in [1.29, 1.82) is 0 Å². The highest BCUT2D eigenvalue weighted by Gasteiger charge is 2.12. The highest BCUT2D eigenvalue weighted by molar-refractivity contribution is 7.13. The lowest BCUT2D eigenvalue weighted by Crippen LogP contribution is -2.01. The molecule has 0 spiro atoms. The minimum atomic E-state index is -0.532. The van der Waals surface area contributed by atoms with Crippen LogP contribution in [0.15, 0.2) is 35.7 Å². The summed E-state index contributed by atoms with van der Waals surface area (Å²) >= 11 is 1.58. The van der Waals surface area contributed by atoms with Crippen molar-refractivity contribution < 1.29 is 14.6 Å². The largest absolute Gasteiger partial charge is 0.507 e. The molecule has 3 nitrogen and oxygen atoms in total. The van der Waals surface area contributed by atoms with Crippen LogP contribution in [-0.4, -0.2) is 18.2 Å². The minimum Gasteiger partial charge on any atom is -0.507 e. The smallest absolute Gasteiger partial charge is 0.341 e. The van der Waals surface area contributed by atoms with Crippen molar-refractivity contribution in [1.82, 2.24) is 0 Å². The van der Waals surface area contributed by atoms with Gasteiger partial charge in [0.2, 0.25) is 0 Å². The molecule has 1 N–H and O–H groups in total. The van der Waals surface area contributed by atoms with Crippen molar-refractivity contribution in [2.24, 2.45) is 0 Å². The molecule has 0 unspecified atom stereocenters. The van der Waals surface area contributed by atoms with E-state index in [1.54, 1.807) is 29.5 Å². The van der Waals surface area contributed by atoms with Gasteiger partial charge in [-0.05, 0) is 29.1 Å². The van der Waals surface area contributed by atoms with Crippen molar-refractivity contribution in [3.8, 4) is 16.2 Å². The van der Waals surface area contributed by atoms with Crippen LogP contribution in [0.1, 0.15) is 10.4 Å². The fraction of sp³-hybridized carbons (Fsp3) is 0.0833. The molecule has 16 heavy (non-hydrogen) atoms. The molecular weight excluding hydrogens is 224 g/mol. The zero-order valence-corrected chi connectivity index (χ0v) is 9.45. The molecule has 1 heterocycles. The highest BCUT2D eigenvalue weighted by Crippen LogP contribution is 2.29. The van der Waals surface area contributed by atoms with Gasteiger partial charge in [-0.3, -0.25) is 0 Å². The van der Waals surface area contributed by atoms with Gasteiger partial charge in [0.25, 0.3) is 0 Å². The summed E-state index contributed by atoms with van der Waals surface area (Å²) in [5.74, 6) is -0.590. The van der Waals surface area contributed by atoms with E-state index in [0.717, 1.165) is 10.4 Å². The first-order valence-electron chi connectivity index (χ1n) is 4.67. The summed E-state index contributed by atoms with van der Waals surface area (Å²) in [6, 6.07) is 8.81. The van der Waals surface area contributed by atoms with E-state index in [4.69, 9.17) is 0 Å². The van der Waals surface area contributed by atoms with Crippen LogP contribution in [0.4, 0.5) is 0 Å². The van der Waals surface area contributed by atoms with Crippen molar-refractivity contribution in [3.63, 3.8) is 0 Å². The Morgan fingerprint density at radius 2 is 2.19 bits per heavy atom. The molecule has 1 aromatic carbocycles. The first-order chi connectivity index (χ1) is 7.72. The molecule has 0 atom stereocenters. The maximum Gasteiger partial charge on any atom is 0.341 e. The van der Waals surface area contributed by atoms with E-state index in [0.29, 0.717) is 0 Å². The van der Waals surface area contributed by atoms with Crippen molar-refractivity contribution in [2.45, 2.75) is 0 Å². The van der Waals surface area contributed by atoms with Crippen LogP contribution < -0.4 is 0 Å². The summed E-state index contributed by atoms with van der Waals surface area (Å²) in [4.78, 5) is 12.3. The zero-order chi connectivity index (χ0) is 11.5. The van der Waals surface area contributed by atoms with Crippen molar-refractivity contribution in [3.05, 3.63) is 41.3 Å². The van der Waals surface area contributed by atoms with Crippen LogP contribution in [-0.2, 0) is 4.74 Å². The lowest BCUT2D eigenvalue weighted by Gasteiger charge is -2.04. The standard InChI is InChI=1S/C12H10O3S/c1-15-12(14)9-5-4-8(7-10(9)13)11-3-2-6-16-11/h2-7,13H,1H3. The van der Waals surface area contributed by atoms with Crippen LogP contribution in [0.25, 0.3) is 10.4 Å². The Morgan fingerprint density at radius 3 is 2.75 bits per heavy atom. The van der Waals surface area contributed by atoms with Crippen LogP contribution in [0, 0.1) is 0 Å². The second-order valence-electron chi connectivity index (χ2n) is 3.20. The third-order valence-electron chi connectivity index (χ3n) is 2.21. The minimum absolute atomic E-state index is 0.0576. The van der Waals surface area contributed by atoms with Gasteiger partial charge < -0.3 is 9.84 Å². The maximum atomic E-state index is 11.3. The van der Waals surface area contributed by atoms with E-state index in [1.807, 2.05) is 17.5 Å². The topological polar surface area (TPSA) is 46.5 Å². The Labute approximate surface area is 96.9 Å². The monoisotopic (exact) mass is 234 g/mol. The lowest BCUT2D eigenvalue weighted by molar-refractivity contribution is 0.0597. The summed E-state index contributed by atoms with van der Waals surface area (Å²) in [5.41, 5.74) is 1.07. The van der Waals surface area contributed by atoms with Gasteiger partial charge in [-0.2, -0.15) is 0 Å². The lowest BCUT2D eigenvalue weighted by atomic mass is 10.1. The van der Waals surface area contributed by atoms with Gasteiger partial charge >= 0.3 is 5.97 Å². The van der Waals surface area contributed by atoms with Crippen molar-refractivity contribution >= 4 is 17.3 Å². The SMILES string of the molecule is COC(=O)c1ccc(-c2cccs2)cc1O. The van der Waals surface area contributed by atoms with E-state index in [-0.39, 0.29) is 11.3 Å². The predicted molar refractivity (Wildman–Crippen MR) is 62.8 cm³/mol. The highest BCUT2D eigenvalue weighted by atomic mass is 32.1. The van der Waals surface area contributed by atoms with Crippen LogP contribution in [0.2, 0.25) is 0 Å². The van der Waals surface area contributed by atoms with Crippen LogP contribution >= 0.6 is 11.3 Å². The Kier molecular flexibility index (Phi) is 2.92. The number of phenols is 1. The van der Waals surface area contributed by atoms with Crippen LogP contribution in [0.5, 0.6) is 5.75 Å². The molecule has 2 rings (SSSR count). The predicted octanol–water partition coefficient (Wildman–Crippen LogP) is 2.91. The number of phenolic OH excluding ortho intramolecular Hbond substituents is 1. The van der Waals surface area contributed by atoms with E-state index >= 15 is 0 Å². The molecule has 0 radical (unpaired) electrons. The van der Waals surface area contributed by atoms with Gasteiger partial charge in [-0.25, -0.2) is 4.79 Å². The van der Waals surface area contributed by atoms with Gasteiger partial charge in [-0.15, -0.1) is 11.3 Å². The maximum absolute atomic E-state index is 11.3. The Bertz CT molecular complexity index is 503. The third-order valence-corrected chi connectivity index (χ3v) is 3.13. The fourth-order valence-corrected chi connectivity index (χ4v) is 2.13. The third kappa shape index (κ3) is 1.92. The van der Waals surface area contributed by atoms with E-state index in [1.165, 1.54) is 7.11 Å². The number of aromatic hydroxyl groups is 1. The second kappa shape index (κ2) is 4.37. The molecule has 2 aromatic rings. The van der Waals surface area contributed by atoms with Gasteiger partial charge in [-0.1, -0.05) is 12.1 Å². The number of carbonyl (C=O) groups is 1. The molecule has 0 amide bonds. The van der Waals surface area contributed by atoms with Crippen molar-refractivity contribution in [2.75, 3.05) is 7.11 Å². The normalized spacial score (nSPS) is 10.1. The molecule has 0 fully saturated rings. The van der Waals surface area contributed by atoms with Crippen LogP contribution in [0.3, 0.4) is 0 Å². The summed E-state index contributed by atoms with van der Waals surface area (Å²) in [6.07, 6.45) is 0. The molecular formula is C12H10O3S. The molecule has 0 aliphatic rings. The van der Waals surface area contributed by atoms with Gasteiger partial charge in [0.05, 0.1) is 7.11 Å². The Balaban J connectivity index is 2.41. The number of benzene rings is 1. The summed E-state index contributed by atoms with van der Waals surface area (Å²) < 4.78 is 4.55. The first-order valence-corrected chi connectivity index (χ1v) is 5.55. The Hall–Kier alpha value is -1.81. The molecule has 0 saturated heterocycles. The molecule has 82 valence electrons. The molecule has 0 saturated carbocycles. The number of carbonyl (C=O) groups excluding carboxylic acids is 1. The number of hydrogen-bond acceptors (Lipinski definition) is 4. The summed E-state index contributed by atoms with van der Waals surface area (Å²) in [5, 5.41) is 11.7. The summed E-state index contributed by atoms with van der Waals surface area (Å²) in [6.45, 7) is 0. The number of ether oxygens (including phenoxy) is 1. The fourth-order valence-electron chi connectivity index (χ4n) is 1.41. The quantitative estimate of drug-likeness (QED) is 0.813. The number of thiophene rings is 1.